The van der Waals surface area contributed by atoms with Gasteiger partial charge < -0.3 is 31.3 Å². The van der Waals surface area contributed by atoms with E-state index in [1.807, 2.05) is 0 Å². The average molecular weight is 620 g/mol. The lowest BCUT2D eigenvalue weighted by Crippen LogP contribution is -2.51. The van der Waals surface area contributed by atoms with Crippen LogP contribution in [0.25, 0.3) is 21.5 Å². The number of hydrogen-bond acceptors (Lipinski definition) is 9. The van der Waals surface area contributed by atoms with E-state index in [-0.39, 0.29) is 47.9 Å². The van der Waals surface area contributed by atoms with E-state index in [0.29, 0.717) is 15.3 Å². The fraction of sp³-hybridized carbons (Fsp3) is 0.286. The van der Waals surface area contributed by atoms with Crippen LogP contribution in [0, 0.1) is 5.82 Å². The molecule has 1 aliphatic rings. The molecule has 0 saturated heterocycles. The normalized spacial score (nSPS) is 17.7. The SMILES string of the molecule is C[C@]1(C(N)=O)COc2c1cc(C(O)(CNC(=O)c1ccc3nc(NCCO)sc3c1)C(F)(F)F)nc2-c1ccc(F)cc1. The summed E-state index contributed by atoms with van der Waals surface area (Å²) < 4.78 is 63.6. The second-order valence-electron chi connectivity index (χ2n) is 10.1. The smallest absolute Gasteiger partial charge is 0.424 e. The van der Waals surface area contributed by atoms with Crippen LogP contribution in [0.2, 0.25) is 0 Å². The molecule has 1 aliphatic heterocycles. The second-order valence-corrected chi connectivity index (χ2v) is 11.1. The van der Waals surface area contributed by atoms with Crippen molar-refractivity contribution < 1.29 is 42.1 Å². The van der Waals surface area contributed by atoms with Gasteiger partial charge in [0, 0.05) is 23.2 Å². The molecule has 0 saturated carbocycles. The Morgan fingerprint density at radius 3 is 2.51 bits per heavy atom. The van der Waals surface area contributed by atoms with Crippen LogP contribution in [0.5, 0.6) is 5.75 Å². The zero-order chi connectivity index (χ0) is 31.2. The van der Waals surface area contributed by atoms with Gasteiger partial charge in [0.2, 0.25) is 11.5 Å². The number of aliphatic hydroxyl groups excluding tert-OH is 1. The first kappa shape index (κ1) is 30.1. The molecule has 10 nitrogen and oxygen atoms in total. The highest BCUT2D eigenvalue weighted by molar-refractivity contribution is 7.22. The van der Waals surface area contributed by atoms with Gasteiger partial charge in [0.05, 0.1) is 29.1 Å². The van der Waals surface area contributed by atoms with Crippen molar-refractivity contribution >= 4 is 38.5 Å². The van der Waals surface area contributed by atoms with Crippen molar-refractivity contribution in [2.24, 2.45) is 5.73 Å². The number of nitrogens with two attached hydrogens (primary N) is 1. The molecule has 0 aliphatic carbocycles. The molecule has 226 valence electrons. The first-order valence-corrected chi connectivity index (χ1v) is 13.7. The minimum Gasteiger partial charge on any atom is -0.489 e. The van der Waals surface area contributed by atoms with E-state index < -0.39 is 47.1 Å². The van der Waals surface area contributed by atoms with Gasteiger partial charge in [-0.3, -0.25) is 9.59 Å². The van der Waals surface area contributed by atoms with E-state index in [1.165, 1.54) is 48.6 Å². The third-order valence-corrected chi connectivity index (χ3v) is 8.15. The number of fused-ring (bicyclic) bond motifs is 2. The molecule has 1 unspecified atom stereocenters. The number of nitrogens with zero attached hydrogens (tertiary/aromatic N) is 2. The number of thiazole rings is 1. The number of primary amides is 1. The largest absolute Gasteiger partial charge is 0.489 e. The predicted octanol–water partition coefficient (Wildman–Crippen LogP) is 3.22. The number of hydrogen-bond donors (Lipinski definition) is 5. The van der Waals surface area contributed by atoms with Gasteiger partial charge in [-0.2, -0.15) is 13.2 Å². The number of carbonyl (C=O) groups excluding carboxylic acids is 2. The van der Waals surface area contributed by atoms with Crippen LogP contribution in [0.1, 0.15) is 28.5 Å². The van der Waals surface area contributed by atoms with Gasteiger partial charge in [-0.25, -0.2) is 14.4 Å². The zero-order valence-corrected chi connectivity index (χ0v) is 23.3. The summed E-state index contributed by atoms with van der Waals surface area (Å²) in [5.74, 6) is -2.43. The fourth-order valence-electron chi connectivity index (χ4n) is 4.55. The number of anilines is 1. The quantitative estimate of drug-likeness (QED) is 0.179. The Balaban J connectivity index is 1.52. The Bertz CT molecular complexity index is 1710. The standard InChI is InChI=1S/C28H25F4N5O5S/c1-26(24(33)40)13-42-22-17(26)11-20(37-21(22)14-2-5-16(29)6-3-14)27(41,28(30,31)32)12-35-23(39)15-4-7-18-19(10-15)43-25(36-18)34-8-9-38/h2-7,10-11,38,41H,8-9,12-13H2,1H3,(H2,33,40)(H,34,36)(H,35,39)/t26-,27?/m0/s1. The number of halogens is 4. The third-order valence-electron chi connectivity index (χ3n) is 7.17. The summed E-state index contributed by atoms with van der Waals surface area (Å²) in [7, 11) is 0. The zero-order valence-electron chi connectivity index (χ0n) is 22.5. The third kappa shape index (κ3) is 5.46. The topological polar surface area (TPSA) is 160 Å². The number of rotatable bonds is 9. The molecule has 2 aromatic heterocycles. The summed E-state index contributed by atoms with van der Waals surface area (Å²) in [4.78, 5) is 33.7. The van der Waals surface area contributed by atoms with Crippen LogP contribution in [-0.2, 0) is 15.8 Å². The minimum atomic E-state index is -5.35. The molecule has 15 heteroatoms. The number of alkyl halides is 3. The van der Waals surface area contributed by atoms with Gasteiger partial charge in [-0.15, -0.1) is 0 Å². The van der Waals surface area contributed by atoms with E-state index >= 15 is 0 Å². The van der Waals surface area contributed by atoms with Crippen molar-refractivity contribution in [3.63, 3.8) is 0 Å². The Hall–Kier alpha value is -4.34. The first-order valence-electron chi connectivity index (χ1n) is 12.8. The monoisotopic (exact) mass is 619 g/mol. The molecule has 0 radical (unpaired) electrons. The van der Waals surface area contributed by atoms with Gasteiger partial charge in [-0.05, 0) is 55.5 Å². The number of aliphatic hydroxyl groups is 2. The lowest BCUT2D eigenvalue weighted by Gasteiger charge is -2.31. The highest BCUT2D eigenvalue weighted by Crippen LogP contribution is 2.47. The molecular weight excluding hydrogens is 594 g/mol. The van der Waals surface area contributed by atoms with Crippen molar-refractivity contribution in [3.8, 4) is 17.0 Å². The van der Waals surface area contributed by atoms with E-state index in [1.54, 1.807) is 0 Å². The van der Waals surface area contributed by atoms with Crippen LogP contribution < -0.4 is 21.1 Å². The first-order chi connectivity index (χ1) is 20.3. The molecule has 5 rings (SSSR count). The van der Waals surface area contributed by atoms with Gasteiger partial charge in [-0.1, -0.05) is 11.3 Å². The van der Waals surface area contributed by atoms with E-state index in [0.717, 1.165) is 18.2 Å². The summed E-state index contributed by atoms with van der Waals surface area (Å²) in [6, 6.07) is 9.89. The van der Waals surface area contributed by atoms with E-state index in [9.17, 15) is 32.3 Å². The summed E-state index contributed by atoms with van der Waals surface area (Å²) in [5, 5.41) is 25.7. The highest BCUT2D eigenvalue weighted by Gasteiger charge is 2.57. The average Bonchev–Trinajstić information content (AvgIpc) is 3.54. The number of benzene rings is 2. The van der Waals surface area contributed by atoms with Crippen LogP contribution in [0.15, 0.2) is 48.5 Å². The van der Waals surface area contributed by atoms with E-state index in [4.69, 9.17) is 15.6 Å². The van der Waals surface area contributed by atoms with Crippen LogP contribution in [-0.4, -0.2) is 64.5 Å². The molecule has 0 spiro atoms. The summed E-state index contributed by atoms with van der Waals surface area (Å²) in [5.41, 5.74) is -0.137. The van der Waals surface area contributed by atoms with Gasteiger partial charge in [0.25, 0.3) is 5.91 Å². The predicted molar refractivity (Wildman–Crippen MR) is 149 cm³/mol. The number of nitrogens with one attached hydrogen (secondary N) is 2. The van der Waals surface area contributed by atoms with Gasteiger partial charge in [0.15, 0.2) is 5.13 Å². The fourth-order valence-corrected chi connectivity index (χ4v) is 5.48. The molecule has 2 atom stereocenters. The number of amides is 2. The molecule has 43 heavy (non-hydrogen) atoms. The Morgan fingerprint density at radius 2 is 1.86 bits per heavy atom. The van der Waals surface area contributed by atoms with Gasteiger partial charge >= 0.3 is 6.18 Å². The highest BCUT2D eigenvalue weighted by atomic mass is 32.1. The number of carbonyl (C=O) groups is 2. The van der Waals surface area contributed by atoms with Crippen LogP contribution >= 0.6 is 11.3 Å². The Labute approximate surface area is 245 Å². The van der Waals surface area contributed by atoms with Crippen molar-refractivity contribution in [3.05, 3.63) is 71.2 Å². The Kier molecular flexibility index (Phi) is 7.75. The molecule has 0 fully saturated rings. The van der Waals surface area contributed by atoms with E-state index in [2.05, 4.69) is 20.6 Å². The molecule has 3 heterocycles. The Morgan fingerprint density at radius 1 is 1.14 bits per heavy atom. The van der Waals surface area contributed by atoms with Crippen molar-refractivity contribution in [1.82, 2.24) is 15.3 Å². The number of aromatic nitrogens is 2. The number of pyridine rings is 1. The van der Waals surface area contributed by atoms with Gasteiger partial charge in [0.1, 0.15) is 29.3 Å². The molecule has 2 aromatic carbocycles. The van der Waals surface area contributed by atoms with Crippen molar-refractivity contribution in [2.75, 3.05) is 31.6 Å². The second kappa shape index (κ2) is 11.1. The molecule has 2 amide bonds. The van der Waals surface area contributed by atoms with Crippen molar-refractivity contribution in [2.45, 2.75) is 24.1 Å². The number of ether oxygens (including phenoxy) is 1. The lowest BCUT2D eigenvalue weighted by atomic mass is 9.81. The molecule has 0 bridgehead atoms. The summed E-state index contributed by atoms with van der Waals surface area (Å²) in [6.45, 7) is -0.107. The maximum atomic E-state index is 14.6. The maximum absolute atomic E-state index is 14.6. The molecular formula is C28H25F4N5O5S. The molecule has 6 N–H and O–H groups in total. The summed E-state index contributed by atoms with van der Waals surface area (Å²) in [6.07, 6.45) is -5.35. The minimum absolute atomic E-state index is 0.0120. The van der Waals surface area contributed by atoms with Crippen molar-refractivity contribution in [1.29, 1.82) is 0 Å². The summed E-state index contributed by atoms with van der Waals surface area (Å²) >= 11 is 1.18. The molecule has 4 aromatic rings. The van der Waals surface area contributed by atoms with Crippen LogP contribution in [0.3, 0.4) is 0 Å². The van der Waals surface area contributed by atoms with Crippen LogP contribution in [0.4, 0.5) is 22.7 Å². The lowest BCUT2D eigenvalue weighted by molar-refractivity contribution is -0.265. The maximum Gasteiger partial charge on any atom is 0.424 e.